The van der Waals surface area contributed by atoms with Gasteiger partial charge < -0.3 is 9.84 Å². The Kier molecular flexibility index (Phi) is 7.71. The number of aromatic nitrogens is 1. The standard InChI is InChI=1S/C30H45N3O4S/c1-5-37-19-30(34)15-13-23-22(16-30)7-8-25-24(23)12-14-29(3)26(9-10-27(25)29)20(2)33(4)38(35,36)28-11-6-21(17-31)18-32-28/h6,11,18,20,22-27,34H,5,7-10,12-16,19H2,1-4H3/t20-,22-,23+,24-,25-,26?,27+,29-,30-/m1/s1. The van der Waals surface area contributed by atoms with Crippen LogP contribution in [0.2, 0.25) is 0 Å². The van der Waals surface area contributed by atoms with Gasteiger partial charge in [0.15, 0.2) is 5.03 Å². The highest BCUT2D eigenvalue weighted by Crippen LogP contribution is 2.65. The number of pyridine rings is 1. The molecule has 4 fully saturated rings. The van der Waals surface area contributed by atoms with Crippen LogP contribution in [0.3, 0.4) is 0 Å². The number of aliphatic hydroxyl groups is 1. The van der Waals surface area contributed by atoms with Gasteiger partial charge in [-0.05, 0) is 125 Å². The maximum Gasteiger partial charge on any atom is 0.260 e. The van der Waals surface area contributed by atoms with Gasteiger partial charge in [-0.15, -0.1) is 0 Å². The van der Waals surface area contributed by atoms with Crippen LogP contribution < -0.4 is 0 Å². The number of hydrogen-bond donors (Lipinski definition) is 1. The minimum absolute atomic E-state index is 0.00850. The zero-order valence-electron chi connectivity index (χ0n) is 23.5. The van der Waals surface area contributed by atoms with Crippen molar-refractivity contribution in [2.45, 2.75) is 95.2 Å². The minimum Gasteiger partial charge on any atom is -0.387 e. The molecule has 1 aromatic heterocycles. The maximum absolute atomic E-state index is 13.4. The molecule has 0 saturated heterocycles. The molecule has 8 heteroatoms. The van der Waals surface area contributed by atoms with Crippen molar-refractivity contribution in [3.05, 3.63) is 23.9 Å². The Morgan fingerprint density at radius 2 is 1.92 bits per heavy atom. The van der Waals surface area contributed by atoms with Crippen LogP contribution in [0.15, 0.2) is 23.4 Å². The quantitative estimate of drug-likeness (QED) is 0.519. The van der Waals surface area contributed by atoms with E-state index in [-0.39, 0.29) is 16.5 Å². The zero-order chi connectivity index (χ0) is 27.3. The molecule has 0 radical (unpaired) electrons. The second kappa shape index (κ2) is 10.5. The van der Waals surface area contributed by atoms with Gasteiger partial charge in [-0.25, -0.2) is 13.4 Å². The fourth-order valence-corrected chi connectivity index (χ4v) is 10.7. The Bertz CT molecular complexity index is 1150. The fraction of sp³-hybridized carbons (Fsp3) is 0.800. The number of nitrogens with zero attached hydrogens (tertiary/aromatic N) is 3. The summed E-state index contributed by atoms with van der Waals surface area (Å²) in [6.45, 7) is 7.63. The van der Waals surface area contributed by atoms with Crippen molar-refractivity contribution < 1.29 is 18.3 Å². The van der Waals surface area contributed by atoms with Gasteiger partial charge >= 0.3 is 0 Å². The third-order valence-electron chi connectivity index (χ3n) is 11.4. The molecule has 0 spiro atoms. The van der Waals surface area contributed by atoms with Crippen LogP contribution in [0.25, 0.3) is 0 Å². The van der Waals surface area contributed by atoms with Crippen molar-refractivity contribution in [2.75, 3.05) is 20.3 Å². The first kappa shape index (κ1) is 28.0. The number of sulfonamides is 1. The minimum atomic E-state index is -3.74. The summed E-state index contributed by atoms with van der Waals surface area (Å²) in [5.74, 6) is 3.72. The second-order valence-corrected chi connectivity index (χ2v) is 15.0. The van der Waals surface area contributed by atoms with E-state index in [1.54, 1.807) is 7.05 Å². The molecule has 4 saturated carbocycles. The van der Waals surface area contributed by atoms with E-state index in [1.807, 2.05) is 13.0 Å². The van der Waals surface area contributed by atoms with Crippen LogP contribution in [-0.4, -0.2) is 54.7 Å². The van der Waals surface area contributed by atoms with Gasteiger partial charge in [0, 0.05) is 25.9 Å². The average molecular weight is 544 g/mol. The molecule has 0 bridgehead atoms. The van der Waals surface area contributed by atoms with Gasteiger partial charge in [-0.2, -0.15) is 9.57 Å². The van der Waals surface area contributed by atoms with Crippen LogP contribution in [-0.2, 0) is 14.8 Å². The predicted octanol–water partition coefficient (Wildman–Crippen LogP) is 5.00. The lowest BCUT2D eigenvalue weighted by atomic mass is 9.48. The highest BCUT2D eigenvalue weighted by Gasteiger charge is 2.59. The molecule has 9 atom stereocenters. The summed E-state index contributed by atoms with van der Waals surface area (Å²) >= 11 is 0. The molecule has 4 aliphatic rings. The molecule has 4 aliphatic carbocycles. The molecule has 0 amide bonds. The summed E-state index contributed by atoms with van der Waals surface area (Å²) in [6.07, 6.45) is 11.2. The Morgan fingerprint density at radius 1 is 1.16 bits per heavy atom. The molecule has 1 aromatic rings. The topological polar surface area (TPSA) is 104 Å². The first-order chi connectivity index (χ1) is 18.0. The average Bonchev–Trinajstić information content (AvgIpc) is 3.28. The van der Waals surface area contributed by atoms with Crippen LogP contribution in [0.1, 0.15) is 84.1 Å². The van der Waals surface area contributed by atoms with E-state index in [4.69, 9.17) is 10.00 Å². The van der Waals surface area contributed by atoms with Crippen LogP contribution in [0, 0.1) is 52.3 Å². The summed E-state index contributed by atoms with van der Waals surface area (Å²) in [5, 5.41) is 20.2. The van der Waals surface area contributed by atoms with E-state index in [0.29, 0.717) is 48.4 Å². The van der Waals surface area contributed by atoms with E-state index in [0.717, 1.165) is 38.0 Å². The molecule has 38 heavy (non-hydrogen) atoms. The Morgan fingerprint density at radius 3 is 2.61 bits per heavy atom. The number of fused-ring (bicyclic) bond motifs is 5. The summed E-state index contributed by atoms with van der Waals surface area (Å²) < 4.78 is 34.1. The van der Waals surface area contributed by atoms with E-state index in [2.05, 4.69) is 18.8 Å². The Balaban J connectivity index is 1.29. The lowest BCUT2D eigenvalue weighted by Gasteiger charge is -2.57. The SMILES string of the molecule is CCOC[C@@]1(O)CC[C@H]2[C@H](CC[C@@H]3[C@@H]2CC[C@]2(C)C([C@@H](C)N(C)S(=O)(=O)c4ccc(C#N)cn4)CC[C@@H]32)C1. The van der Waals surface area contributed by atoms with Gasteiger partial charge in [-0.1, -0.05) is 6.92 Å². The van der Waals surface area contributed by atoms with Gasteiger partial charge in [0.25, 0.3) is 10.0 Å². The lowest BCUT2D eigenvalue weighted by molar-refractivity contribution is -0.129. The normalized spacial score (nSPS) is 39.6. The first-order valence-electron chi connectivity index (χ1n) is 14.7. The molecular weight excluding hydrogens is 498 g/mol. The van der Waals surface area contributed by atoms with E-state index >= 15 is 0 Å². The van der Waals surface area contributed by atoms with E-state index in [1.165, 1.54) is 48.3 Å². The monoisotopic (exact) mass is 543 g/mol. The predicted molar refractivity (Wildman–Crippen MR) is 145 cm³/mol. The summed E-state index contributed by atoms with van der Waals surface area (Å²) in [6, 6.07) is 4.84. The molecular formula is C30H45N3O4S. The van der Waals surface area contributed by atoms with Crippen molar-refractivity contribution in [3.63, 3.8) is 0 Å². The maximum atomic E-state index is 13.4. The van der Waals surface area contributed by atoms with Gasteiger partial charge in [0.05, 0.1) is 17.8 Å². The van der Waals surface area contributed by atoms with Crippen LogP contribution in [0.4, 0.5) is 0 Å². The van der Waals surface area contributed by atoms with E-state index in [9.17, 15) is 13.5 Å². The first-order valence-corrected chi connectivity index (χ1v) is 16.1. The highest BCUT2D eigenvalue weighted by atomic mass is 32.2. The third-order valence-corrected chi connectivity index (χ3v) is 13.3. The largest absolute Gasteiger partial charge is 0.387 e. The number of hydrogen-bond acceptors (Lipinski definition) is 6. The second-order valence-electron chi connectivity index (χ2n) is 13.0. The van der Waals surface area contributed by atoms with Gasteiger partial charge in [0.2, 0.25) is 0 Å². The van der Waals surface area contributed by atoms with Crippen LogP contribution >= 0.6 is 0 Å². The number of ether oxygens (including phenoxy) is 1. The molecule has 1 N–H and O–H groups in total. The molecule has 5 rings (SSSR count). The lowest BCUT2D eigenvalue weighted by Crippen LogP contribution is -2.53. The van der Waals surface area contributed by atoms with Gasteiger partial charge in [0.1, 0.15) is 6.07 Å². The Labute approximate surface area is 229 Å². The summed E-state index contributed by atoms with van der Waals surface area (Å²) in [5.41, 5.74) is -0.158. The Hall–Kier alpha value is -1.53. The highest BCUT2D eigenvalue weighted by molar-refractivity contribution is 7.89. The molecule has 0 aromatic carbocycles. The van der Waals surface area contributed by atoms with Crippen molar-refractivity contribution >= 4 is 10.0 Å². The molecule has 1 unspecified atom stereocenters. The summed E-state index contributed by atoms with van der Waals surface area (Å²) in [7, 11) is -2.05. The zero-order valence-corrected chi connectivity index (χ0v) is 24.3. The van der Waals surface area contributed by atoms with Crippen molar-refractivity contribution in [1.82, 2.24) is 9.29 Å². The molecule has 1 heterocycles. The fourth-order valence-electron chi connectivity index (χ4n) is 9.44. The van der Waals surface area contributed by atoms with Gasteiger partial charge in [-0.3, -0.25) is 0 Å². The van der Waals surface area contributed by atoms with Crippen LogP contribution in [0.5, 0.6) is 0 Å². The van der Waals surface area contributed by atoms with Crippen molar-refractivity contribution in [3.8, 4) is 6.07 Å². The third kappa shape index (κ3) is 4.72. The molecule has 210 valence electrons. The van der Waals surface area contributed by atoms with Crippen molar-refractivity contribution in [1.29, 1.82) is 5.26 Å². The smallest absolute Gasteiger partial charge is 0.260 e. The molecule has 0 aliphatic heterocycles. The molecule has 7 nitrogen and oxygen atoms in total. The number of rotatable bonds is 7. The summed E-state index contributed by atoms with van der Waals surface area (Å²) in [4.78, 5) is 4.09. The van der Waals surface area contributed by atoms with Crippen molar-refractivity contribution in [2.24, 2.45) is 40.9 Å². The number of nitriles is 1. The van der Waals surface area contributed by atoms with E-state index < -0.39 is 15.6 Å².